The van der Waals surface area contributed by atoms with Crippen molar-refractivity contribution in [2.75, 3.05) is 12.8 Å². The molecule has 0 amide bonds. The Bertz CT molecular complexity index is 1660. The van der Waals surface area contributed by atoms with Gasteiger partial charge in [-0.05, 0) is 99.2 Å². The number of hydrogen-bond donors (Lipinski definition) is 1. The molecule has 222 valence electrons. The van der Waals surface area contributed by atoms with Crippen LogP contribution in [0.2, 0.25) is 0 Å². The molecule has 0 bridgehead atoms. The first kappa shape index (κ1) is 29.9. The zero-order valence-corrected chi connectivity index (χ0v) is 24.5. The topological polar surface area (TPSA) is 94.6 Å². The van der Waals surface area contributed by atoms with Gasteiger partial charge in [0.25, 0.3) is 5.56 Å². The molecule has 1 aromatic heterocycles. The highest BCUT2D eigenvalue weighted by molar-refractivity contribution is 6.11. The lowest BCUT2D eigenvalue weighted by Gasteiger charge is -2.28. The summed E-state index contributed by atoms with van der Waals surface area (Å²) in [5, 5.41) is 0. The zero-order chi connectivity index (χ0) is 30.5. The van der Waals surface area contributed by atoms with Crippen LogP contribution in [0.4, 0.5) is 10.2 Å². The number of rotatable bonds is 10. The number of esters is 1. The second-order valence-electron chi connectivity index (χ2n) is 11.2. The molecule has 1 aliphatic carbocycles. The van der Waals surface area contributed by atoms with E-state index in [-0.39, 0.29) is 34.6 Å². The van der Waals surface area contributed by atoms with E-state index in [1.807, 2.05) is 54.4 Å². The lowest BCUT2D eigenvalue weighted by atomic mass is 10.0. The van der Waals surface area contributed by atoms with Crippen LogP contribution in [0, 0.1) is 12.7 Å². The standard InChI is InChI=1S/C35H36FN3O4/c1-23-20-26(14-18-30(23)36)33(41)29-17-19-32(40)39(34(29)37)27-15-12-25(13-16-27)22-38(2)31(21-24-8-4-3-5-9-24)35(42)43-28-10-6-7-11-28/h3-5,8-9,12-20,28,31H,6-7,10-11,21-22,37H2,1-2H3/t31-/m0/s1. The molecule has 1 fully saturated rings. The summed E-state index contributed by atoms with van der Waals surface area (Å²) in [6.45, 7) is 2.06. The number of ketones is 1. The first-order valence-corrected chi connectivity index (χ1v) is 14.6. The molecule has 7 nitrogen and oxygen atoms in total. The Morgan fingerprint density at radius 2 is 1.67 bits per heavy atom. The first-order chi connectivity index (χ1) is 20.7. The smallest absolute Gasteiger partial charge is 0.323 e. The van der Waals surface area contributed by atoms with Crippen molar-refractivity contribution >= 4 is 17.6 Å². The molecule has 1 saturated carbocycles. The molecule has 1 heterocycles. The molecule has 1 atom stereocenters. The Balaban J connectivity index is 1.35. The Kier molecular flexibility index (Phi) is 9.16. The maximum Gasteiger partial charge on any atom is 0.323 e. The number of aryl methyl sites for hydroxylation is 1. The van der Waals surface area contributed by atoms with Crippen LogP contribution in [-0.2, 0) is 22.5 Å². The monoisotopic (exact) mass is 581 g/mol. The fourth-order valence-corrected chi connectivity index (χ4v) is 5.61. The second kappa shape index (κ2) is 13.2. The van der Waals surface area contributed by atoms with Crippen molar-refractivity contribution in [3.63, 3.8) is 0 Å². The van der Waals surface area contributed by atoms with E-state index in [2.05, 4.69) is 0 Å². The summed E-state index contributed by atoms with van der Waals surface area (Å²) in [5.41, 5.74) is 9.24. The molecule has 0 radical (unpaired) electrons. The van der Waals surface area contributed by atoms with Gasteiger partial charge in [0.2, 0.25) is 0 Å². The van der Waals surface area contributed by atoms with E-state index in [0.717, 1.165) is 36.8 Å². The minimum absolute atomic E-state index is 0.00179. The summed E-state index contributed by atoms with van der Waals surface area (Å²) in [6.07, 6.45) is 4.50. The molecule has 0 unspecified atom stereocenters. The van der Waals surface area contributed by atoms with Crippen LogP contribution in [0.3, 0.4) is 0 Å². The van der Waals surface area contributed by atoms with Gasteiger partial charge < -0.3 is 10.5 Å². The largest absolute Gasteiger partial charge is 0.461 e. The van der Waals surface area contributed by atoms with E-state index >= 15 is 0 Å². The third kappa shape index (κ3) is 6.92. The van der Waals surface area contributed by atoms with Gasteiger partial charge in [0.15, 0.2) is 5.78 Å². The molecule has 3 aromatic carbocycles. The molecule has 0 spiro atoms. The lowest BCUT2D eigenvalue weighted by molar-refractivity contribution is -0.155. The number of likely N-dealkylation sites (N-methyl/N-ethyl adjacent to an activating group) is 1. The van der Waals surface area contributed by atoms with Crippen molar-refractivity contribution in [3.05, 3.63) is 129 Å². The summed E-state index contributed by atoms with van der Waals surface area (Å²) in [4.78, 5) is 41.4. The number of halogens is 1. The third-order valence-corrected chi connectivity index (χ3v) is 8.08. The molecule has 8 heteroatoms. The van der Waals surface area contributed by atoms with Crippen LogP contribution in [0.25, 0.3) is 5.69 Å². The summed E-state index contributed by atoms with van der Waals surface area (Å²) >= 11 is 0. The molecule has 2 N–H and O–H groups in total. The Hall–Kier alpha value is -4.56. The minimum atomic E-state index is -0.460. The summed E-state index contributed by atoms with van der Waals surface area (Å²) in [5.74, 6) is -1.02. The molecule has 4 aromatic rings. The van der Waals surface area contributed by atoms with E-state index in [4.69, 9.17) is 10.5 Å². The SMILES string of the molecule is Cc1cc(C(=O)c2ccc(=O)n(-c3ccc(CN(C)[C@@H](Cc4ccccc4)C(=O)OC4CCCC4)cc3)c2N)ccc1F. The van der Waals surface area contributed by atoms with Crippen molar-refractivity contribution < 1.29 is 18.7 Å². The summed E-state index contributed by atoms with van der Waals surface area (Å²) in [7, 11) is 1.91. The average Bonchev–Trinajstić information content (AvgIpc) is 3.51. The predicted octanol–water partition coefficient (Wildman–Crippen LogP) is 5.63. The molecule has 0 saturated heterocycles. The van der Waals surface area contributed by atoms with Crippen molar-refractivity contribution in [1.29, 1.82) is 0 Å². The second-order valence-corrected chi connectivity index (χ2v) is 11.2. The van der Waals surface area contributed by atoms with Gasteiger partial charge >= 0.3 is 5.97 Å². The van der Waals surface area contributed by atoms with Gasteiger partial charge in [-0.25, -0.2) is 4.39 Å². The fraction of sp³-hybridized carbons (Fsp3) is 0.286. The maximum absolute atomic E-state index is 13.8. The fourth-order valence-electron chi connectivity index (χ4n) is 5.61. The maximum atomic E-state index is 13.8. The minimum Gasteiger partial charge on any atom is -0.461 e. The van der Waals surface area contributed by atoms with Crippen LogP contribution < -0.4 is 11.3 Å². The van der Waals surface area contributed by atoms with E-state index in [1.54, 1.807) is 19.1 Å². The van der Waals surface area contributed by atoms with Crippen molar-refractivity contribution in [1.82, 2.24) is 9.47 Å². The number of pyridine rings is 1. The van der Waals surface area contributed by atoms with E-state index in [9.17, 15) is 18.8 Å². The number of carbonyl (C=O) groups excluding carboxylic acids is 2. The van der Waals surface area contributed by atoms with Crippen molar-refractivity contribution in [2.45, 2.75) is 57.7 Å². The number of carbonyl (C=O) groups is 2. The number of nitrogen functional groups attached to an aromatic ring is 1. The van der Waals surface area contributed by atoms with Crippen LogP contribution in [0.15, 0.2) is 89.7 Å². The number of anilines is 1. The molecule has 1 aliphatic rings. The average molecular weight is 582 g/mol. The number of ether oxygens (including phenoxy) is 1. The Morgan fingerprint density at radius 1 is 0.977 bits per heavy atom. The van der Waals surface area contributed by atoms with Crippen LogP contribution >= 0.6 is 0 Å². The van der Waals surface area contributed by atoms with Gasteiger partial charge in [0, 0.05) is 18.2 Å². The van der Waals surface area contributed by atoms with Gasteiger partial charge in [-0.2, -0.15) is 0 Å². The number of nitrogens with zero attached hydrogens (tertiary/aromatic N) is 2. The molecule has 43 heavy (non-hydrogen) atoms. The number of benzene rings is 3. The van der Waals surface area contributed by atoms with Crippen LogP contribution in [-0.4, -0.2) is 40.4 Å². The van der Waals surface area contributed by atoms with Crippen LogP contribution in [0.1, 0.15) is 58.3 Å². The predicted molar refractivity (Wildman–Crippen MR) is 165 cm³/mol. The van der Waals surface area contributed by atoms with Gasteiger partial charge in [0.05, 0.1) is 11.3 Å². The zero-order valence-electron chi connectivity index (χ0n) is 24.5. The highest BCUT2D eigenvalue weighted by Crippen LogP contribution is 2.24. The lowest BCUT2D eigenvalue weighted by Crippen LogP contribution is -2.42. The number of hydrogen-bond acceptors (Lipinski definition) is 6. The van der Waals surface area contributed by atoms with E-state index in [1.165, 1.54) is 34.9 Å². The van der Waals surface area contributed by atoms with E-state index < -0.39 is 17.6 Å². The summed E-state index contributed by atoms with van der Waals surface area (Å²) < 4.78 is 20.9. The third-order valence-electron chi connectivity index (χ3n) is 8.08. The van der Waals surface area contributed by atoms with Gasteiger partial charge in [-0.15, -0.1) is 0 Å². The quantitative estimate of drug-likeness (QED) is 0.193. The van der Waals surface area contributed by atoms with Gasteiger partial charge in [0.1, 0.15) is 23.8 Å². The Morgan fingerprint density at radius 3 is 2.35 bits per heavy atom. The molecular formula is C35H36FN3O4. The molecule has 0 aliphatic heterocycles. The summed E-state index contributed by atoms with van der Waals surface area (Å²) in [6, 6.07) is 23.5. The Labute approximate surface area is 250 Å². The first-order valence-electron chi connectivity index (χ1n) is 14.6. The van der Waals surface area contributed by atoms with E-state index in [0.29, 0.717) is 24.2 Å². The van der Waals surface area contributed by atoms with Crippen molar-refractivity contribution in [2.24, 2.45) is 0 Å². The highest BCUT2D eigenvalue weighted by atomic mass is 19.1. The highest BCUT2D eigenvalue weighted by Gasteiger charge is 2.29. The van der Waals surface area contributed by atoms with Crippen molar-refractivity contribution in [3.8, 4) is 5.69 Å². The van der Waals surface area contributed by atoms with Crippen LogP contribution in [0.5, 0.6) is 0 Å². The normalized spacial score (nSPS) is 14.1. The number of nitrogens with two attached hydrogens (primary N) is 1. The van der Waals surface area contributed by atoms with Gasteiger partial charge in [-0.1, -0.05) is 42.5 Å². The number of aromatic nitrogens is 1. The molecule has 5 rings (SSSR count). The molecular weight excluding hydrogens is 545 g/mol. The van der Waals surface area contributed by atoms with Gasteiger partial charge in [-0.3, -0.25) is 23.9 Å².